The summed E-state index contributed by atoms with van der Waals surface area (Å²) < 4.78 is 24.3. The molecule has 2 nitrogen and oxygen atoms in total. The van der Waals surface area contributed by atoms with Crippen LogP contribution in [-0.4, -0.2) is 15.7 Å². The van der Waals surface area contributed by atoms with Gasteiger partial charge in [0.1, 0.15) is 11.5 Å². The van der Waals surface area contributed by atoms with E-state index >= 15 is 0 Å². The minimum Gasteiger partial charge on any atom is -0.244 e. The summed E-state index contributed by atoms with van der Waals surface area (Å²) in [5.41, 5.74) is 1.48. The van der Waals surface area contributed by atoms with Gasteiger partial charge in [-0.2, -0.15) is 8.78 Å². The van der Waals surface area contributed by atoms with Gasteiger partial charge in [0.15, 0.2) is 0 Å². The van der Waals surface area contributed by atoms with Crippen LogP contribution in [0.5, 0.6) is 0 Å². The predicted octanol–water partition coefficient (Wildman–Crippen LogP) is 4.11. The molecule has 1 heterocycles. The van der Waals surface area contributed by atoms with Crippen molar-refractivity contribution < 1.29 is 8.78 Å². The molecule has 0 aliphatic heterocycles. The number of nitrogens with zero attached hydrogens (tertiary/aromatic N) is 2. The molecule has 0 spiro atoms. The SMILES string of the molecule is FC(F)Sc1ccc(-c2cncnc2Cl)cc1. The molecule has 0 atom stereocenters. The summed E-state index contributed by atoms with van der Waals surface area (Å²) >= 11 is 6.42. The van der Waals surface area contributed by atoms with E-state index in [0.717, 1.165) is 5.56 Å². The van der Waals surface area contributed by atoms with Gasteiger partial charge >= 0.3 is 0 Å². The fourth-order valence-electron chi connectivity index (χ4n) is 1.32. The van der Waals surface area contributed by atoms with E-state index in [1.165, 1.54) is 6.33 Å². The summed E-state index contributed by atoms with van der Waals surface area (Å²) in [7, 11) is 0. The van der Waals surface area contributed by atoms with Gasteiger partial charge in [0.05, 0.1) is 0 Å². The van der Waals surface area contributed by atoms with Gasteiger partial charge in [0.2, 0.25) is 0 Å². The van der Waals surface area contributed by atoms with Crippen LogP contribution >= 0.6 is 23.4 Å². The molecule has 88 valence electrons. The largest absolute Gasteiger partial charge is 0.288 e. The topological polar surface area (TPSA) is 25.8 Å². The molecule has 0 aliphatic carbocycles. The average Bonchev–Trinajstić information content (AvgIpc) is 2.30. The van der Waals surface area contributed by atoms with Crippen LogP contribution < -0.4 is 0 Å². The molecule has 1 aromatic heterocycles. The highest BCUT2D eigenvalue weighted by Crippen LogP contribution is 2.29. The molecule has 0 saturated heterocycles. The first kappa shape index (κ1) is 12.3. The van der Waals surface area contributed by atoms with Gasteiger partial charge in [-0.05, 0) is 17.7 Å². The number of thioether (sulfide) groups is 1. The van der Waals surface area contributed by atoms with E-state index in [2.05, 4.69) is 9.97 Å². The van der Waals surface area contributed by atoms with Crippen molar-refractivity contribution in [3.8, 4) is 11.1 Å². The Labute approximate surface area is 106 Å². The Morgan fingerprint density at radius 3 is 2.47 bits per heavy atom. The Morgan fingerprint density at radius 1 is 1.18 bits per heavy atom. The highest BCUT2D eigenvalue weighted by Gasteiger charge is 2.07. The lowest BCUT2D eigenvalue weighted by atomic mass is 10.1. The standard InChI is InChI=1S/C11H7ClF2N2S/c12-10-9(5-15-6-16-10)7-1-3-8(4-2-7)17-11(13)14/h1-6,11H. The zero-order valence-electron chi connectivity index (χ0n) is 8.48. The van der Waals surface area contributed by atoms with Gasteiger partial charge in [-0.15, -0.1) is 0 Å². The average molecular weight is 273 g/mol. The third-order valence-corrected chi connectivity index (χ3v) is 3.08. The number of benzene rings is 1. The van der Waals surface area contributed by atoms with Crippen LogP contribution in [0.1, 0.15) is 0 Å². The van der Waals surface area contributed by atoms with Crippen molar-refractivity contribution in [1.29, 1.82) is 0 Å². The van der Waals surface area contributed by atoms with Crippen LogP contribution in [0, 0.1) is 0 Å². The molecule has 0 amide bonds. The molecular formula is C11H7ClF2N2S. The number of alkyl halides is 2. The fourth-order valence-corrected chi connectivity index (χ4v) is 2.02. The first-order chi connectivity index (χ1) is 8.16. The van der Waals surface area contributed by atoms with E-state index in [-0.39, 0.29) is 0 Å². The smallest absolute Gasteiger partial charge is 0.244 e. The molecule has 6 heteroatoms. The molecule has 0 bridgehead atoms. The highest BCUT2D eigenvalue weighted by molar-refractivity contribution is 7.99. The predicted molar refractivity (Wildman–Crippen MR) is 64.3 cm³/mol. The van der Waals surface area contributed by atoms with E-state index in [9.17, 15) is 8.78 Å². The van der Waals surface area contributed by atoms with Crippen LogP contribution in [0.2, 0.25) is 5.15 Å². The van der Waals surface area contributed by atoms with Gasteiger partial charge in [-0.3, -0.25) is 0 Å². The van der Waals surface area contributed by atoms with Crippen LogP contribution in [0.25, 0.3) is 11.1 Å². The quantitative estimate of drug-likeness (QED) is 0.621. The monoisotopic (exact) mass is 272 g/mol. The van der Waals surface area contributed by atoms with Gasteiger partial charge in [0, 0.05) is 16.7 Å². The lowest BCUT2D eigenvalue weighted by molar-refractivity contribution is 0.252. The summed E-state index contributed by atoms with van der Waals surface area (Å²) in [6.45, 7) is 0. The molecule has 0 radical (unpaired) electrons. The Morgan fingerprint density at radius 2 is 1.88 bits per heavy atom. The second kappa shape index (κ2) is 5.42. The molecule has 2 rings (SSSR count). The second-order valence-corrected chi connectivity index (χ2v) is 4.55. The van der Waals surface area contributed by atoms with Crippen molar-refractivity contribution in [3.63, 3.8) is 0 Å². The van der Waals surface area contributed by atoms with Crippen molar-refractivity contribution >= 4 is 23.4 Å². The zero-order valence-corrected chi connectivity index (χ0v) is 10.1. The molecule has 1 aromatic carbocycles. The van der Waals surface area contributed by atoms with E-state index in [0.29, 0.717) is 27.4 Å². The highest BCUT2D eigenvalue weighted by atomic mass is 35.5. The zero-order chi connectivity index (χ0) is 12.3. The van der Waals surface area contributed by atoms with Gasteiger partial charge in [-0.25, -0.2) is 9.97 Å². The fraction of sp³-hybridized carbons (Fsp3) is 0.0909. The molecule has 0 saturated carbocycles. The molecule has 17 heavy (non-hydrogen) atoms. The van der Waals surface area contributed by atoms with Gasteiger partial charge < -0.3 is 0 Å². The minimum absolute atomic E-state index is 0.342. The van der Waals surface area contributed by atoms with Crippen molar-refractivity contribution in [2.45, 2.75) is 10.7 Å². The normalized spacial score (nSPS) is 10.8. The third-order valence-electron chi connectivity index (χ3n) is 2.05. The van der Waals surface area contributed by atoms with Gasteiger partial charge in [0.25, 0.3) is 5.76 Å². The van der Waals surface area contributed by atoms with E-state index in [1.54, 1.807) is 30.5 Å². The van der Waals surface area contributed by atoms with Crippen molar-refractivity contribution in [3.05, 3.63) is 41.9 Å². The summed E-state index contributed by atoms with van der Waals surface area (Å²) in [5, 5.41) is 0.342. The number of halogens is 3. The van der Waals surface area contributed by atoms with Crippen molar-refractivity contribution in [2.24, 2.45) is 0 Å². The number of hydrogen-bond donors (Lipinski definition) is 0. The van der Waals surface area contributed by atoms with Gasteiger partial charge in [-0.1, -0.05) is 35.5 Å². The molecule has 0 fully saturated rings. The van der Waals surface area contributed by atoms with Crippen LogP contribution in [0.15, 0.2) is 41.7 Å². The van der Waals surface area contributed by atoms with Crippen molar-refractivity contribution in [1.82, 2.24) is 9.97 Å². The van der Waals surface area contributed by atoms with E-state index in [4.69, 9.17) is 11.6 Å². The second-order valence-electron chi connectivity index (χ2n) is 3.13. The Hall–Kier alpha value is -1.20. The molecule has 0 N–H and O–H groups in total. The Bertz CT molecular complexity index is 505. The Balaban J connectivity index is 2.27. The first-order valence-corrected chi connectivity index (χ1v) is 5.93. The minimum atomic E-state index is -2.41. The lowest BCUT2D eigenvalue weighted by Gasteiger charge is -2.04. The van der Waals surface area contributed by atoms with E-state index in [1.807, 2.05) is 0 Å². The Kier molecular flexibility index (Phi) is 3.91. The maximum absolute atomic E-state index is 12.1. The third kappa shape index (κ3) is 3.14. The first-order valence-electron chi connectivity index (χ1n) is 4.67. The van der Waals surface area contributed by atoms with Crippen molar-refractivity contribution in [2.75, 3.05) is 0 Å². The van der Waals surface area contributed by atoms with Crippen LogP contribution in [0.4, 0.5) is 8.78 Å². The molecule has 0 unspecified atom stereocenters. The maximum Gasteiger partial charge on any atom is 0.288 e. The summed E-state index contributed by atoms with van der Waals surface area (Å²) in [6.07, 6.45) is 2.94. The molecule has 2 aromatic rings. The van der Waals surface area contributed by atoms with Crippen LogP contribution in [0.3, 0.4) is 0 Å². The summed E-state index contributed by atoms with van der Waals surface area (Å²) in [6, 6.07) is 6.68. The molecule has 0 aliphatic rings. The number of rotatable bonds is 3. The number of aromatic nitrogens is 2. The maximum atomic E-state index is 12.1. The summed E-state index contributed by atoms with van der Waals surface area (Å²) in [5.74, 6) is -2.41. The molecular weight excluding hydrogens is 266 g/mol. The van der Waals surface area contributed by atoms with E-state index < -0.39 is 5.76 Å². The number of hydrogen-bond acceptors (Lipinski definition) is 3. The lowest BCUT2D eigenvalue weighted by Crippen LogP contribution is -1.86. The summed E-state index contributed by atoms with van der Waals surface area (Å²) in [4.78, 5) is 8.24. The van der Waals surface area contributed by atoms with Crippen LogP contribution in [-0.2, 0) is 0 Å².